The number of hydrogen-bond acceptors (Lipinski definition) is 2. The van der Waals surface area contributed by atoms with Crippen LogP contribution in [-0.2, 0) is 10.9 Å². The summed E-state index contributed by atoms with van der Waals surface area (Å²) in [5.41, 5.74) is -0.188. The van der Waals surface area contributed by atoms with Gasteiger partial charge in [-0.05, 0) is 37.0 Å². The predicted molar refractivity (Wildman–Crippen MR) is 58.5 cm³/mol. The van der Waals surface area contributed by atoms with Crippen LogP contribution in [0, 0.1) is 11.3 Å². The van der Waals surface area contributed by atoms with E-state index in [1.54, 1.807) is 6.07 Å². The van der Waals surface area contributed by atoms with E-state index < -0.39 is 23.9 Å². The lowest BCUT2D eigenvalue weighted by molar-refractivity contribution is -0.137. The van der Waals surface area contributed by atoms with Crippen LogP contribution >= 0.6 is 0 Å². The highest BCUT2D eigenvalue weighted by atomic mass is 19.4. The standard InChI is InChI=1S/C13H12F3NO/c14-13(15,16)10-4-1-3-9(7-10)12-6-2-5-11(8-17)18-12/h1,3-4,7,11-12H,2,5-6H2/t11-,12-/m1/s1. The Hall–Kier alpha value is -1.54. The number of halogens is 3. The highest BCUT2D eigenvalue weighted by Crippen LogP contribution is 2.35. The Bertz CT molecular complexity index is 464. The van der Waals surface area contributed by atoms with E-state index in [1.807, 2.05) is 6.07 Å². The minimum Gasteiger partial charge on any atom is -0.355 e. The molecule has 2 rings (SSSR count). The van der Waals surface area contributed by atoms with Crippen molar-refractivity contribution in [3.8, 4) is 6.07 Å². The summed E-state index contributed by atoms with van der Waals surface area (Å²) in [6, 6.07) is 7.12. The summed E-state index contributed by atoms with van der Waals surface area (Å²) in [4.78, 5) is 0. The molecule has 0 saturated carbocycles. The van der Waals surface area contributed by atoms with E-state index in [1.165, 1.54) is 6.07 Å². The van der Waals surface area contributed by atoms with Gasteiger partial charge in [0, 0.05) is 0 Å². The van der Waals surface area contributed by atoms with Crippen molar-refractivity contribution in [3.05, 3.63) is 35.4 Å². The van der Waals surface area contributed by atoms with Crippen LogP contribution in [-0.4, -0.2) is 6.10 Å². The Labute approximate surface area is 103 Å². The quantitative estimate of drug-likeness (QED) is 0.763. The Balaban J connectivity index is 2.21. The molecule has 0 spiro atoms. The molecular weight excluding hydrogens is 243 g/mol. The fourth-order valence-electron chi connectivity index (χ4n) is 2.08. The average molecular weight is 255 g/mol. The van der Waals surface area contributed by atoms with Gasteiger partial charge in [-0.15, -0.1) is 0 Å². The van der Waals surface area contributed by atoms with Gasteiger partial charge < -0.3 is 4.74 Å². The molecule has 0 bridgehead atoms. The first kappa shape index (κ1) is 12.9. The number of nitriles is 1. The topological polar surface area (TPSA) is 33.0 Å². The summed E-state index contributed by atoms with van der Waals surface area (Å²) < 4.78 is 43.2. The second kappa shape index (κ2) is 4.99. The summed E-state index contributed by atoms with van der Waals surface area (Å²) in [5.74, 6) is 0. The Morgan fingerprint density at radius 1 is 1.28 bits per heavy atom. The number of rotatable bonds is 1. The van der Waals surface area contributed by atoms with Gasteiger partial charge in [0.15, 0.2) is 0 Å². The molecule has 1 aliphatic rings. The first-order valence-corrected chi connectivity index (χ1v) is 5.73. The van der Waals surface area contributed by atoms with Crippen molar-refractivity contribution >= 4 is 0 Å². The maximum atomic E-state index is 12.6. The van der Waals surface area contributed by atoms with Crippen LogP contribution in [0.1, 0.15) is 36.5 Å². The smallest absolute Gasteiger partial charge is 0.355 e. The second-order valence-electron chi connectivity index (χ2n) is 4.30. The maximum absolute atomic E-state index is 12.6. The molecule has 5 heteroatoms. The van der Waals surface area contributed by atoms with Gasteiger partial charge >= 0.3 is 6.18 Å². The van der Waals surface area contributed by atoms with Gasteiger partial charge in [-0.1, -0.05) is 12.1 Å². The number of ether oxygens (including phenoxy) is 1. The van der Waals surface area contributed by atoms with E-state index in [0.717, 1.165) is 18.6 Å². The molecule has 0 aliphatic carbocycles. The van der Waals surface area contributed by atoms with Crippen LogP contribution in [0.3, 0.4) is 0 Å². The second-order valence-corrected chi connectivity index (χ2v) is 4.30. The molecule has 1 fully saturated rings. The Morgan fingerprint density at radius 2 is 2.06 bits per heavy atom. The highest BCUT2D eigenvalue weighted by molar-refractivity contribution is 5.27. The average Bonchev–Trinajstić information content (AvgIpc) is 2.38. The van der Waals surface area contributed by atoms with Gasteiger partial charge in [0.2, 0.25) is 0 Å². The van der Waals surface area contributed by atoms with Crippen LogP contribution in [0.15, 0.2) is 24.3 Å². The fraction of sp³-hybridized carbons (Fsp3) is 0.462. The van der Waals surface area contributed by atoms with Crippen LogP contribution in [0.2, 0.25) is 0 Å². The van der Waals surface area contributed by atoms with Crippen molar-refractivity contribution < 1.29 is 17.9 Å². The van der Waals surface area contributed by atoms with Crippen LogP contribution in [0.5, 0.6) is 0 Å². The summed E-state index contributed by atoms with van der Waals surface area (Å²) in [7, 11) is 0. The Morgan fingerprint density at radius 3 is 2.72 bits per heavy atom. The van der Waals surface area contributed by atoms with Gasteiger partial charge in [0.25, 0.3) is 0 Å². The van der Waals surface area contributed by atoms with Gasteiger partial charge in [-0.3, -0.25) is 0 Å². The molecule has 2 nitrogen and oxygen atoms in total. The summed E-state index contributed by atoms with van der Waals surface area (Å²) in [5, 5.41) is 8.78. The minimum atomic E-state index is -4.35. The van der Waals surface area contributed by atoms with Crippen molar-refractivity contribution in [2.45, 2.75) is 37.6 Å². The molecule has 0 N–H and O–H groups in total. The molecule has 1 saturated heterocycles. The third-order valence-electron chi connectivity index (χ3n) is 2.99. The molecule has 1 heterocycles. The van der Waals surface area contributed by atoms with E-state index in [2.05, 4.69) is 0 Å². The maximum Gasteiger partial charge on any atom is 0.416 e. The fourth-order valence-corrected chi connectivity index (χ4v) is 2.08. The lowest BCUT2D eigenvalue weighted by atomic mass is 9.97. The first-order valence-electron chi connectivity index (χ1n) is 5.73. The van der Waals surface area contributed by atoms with Gasteiger partial charge in [-0.25, -0.2) is 0 Å². The van der Waals surface area contributed by atoms with Crippen molar-refractivity contribution in [3.63, 3.8) is 0 Å². The summed E-state index contributed by atoms with van der Waals surface area (Å²) in [6.45, 7) is 0. The summed E-state index contributed by atoms with van der Waals surface area (Å²) in [6.07, 6.45) is -3.19. The molecule has 0 unspecified atom stereocenters. The van der Waals surface area contributed by atoms with Gasteiger partial charge in [-0.2, -0.15) is 18.4 Å². The van der Waals surface area contributed by atoms with Crippen molar-refractivity contribution in [1.82, 2.24) is 0 Å². The largest absolute Gasteiger partial charge is 0.416 e. The van der Waals surface area contributed by atoms with Gasteiger partial charge in [0.1, 0.15) is 6.10 Å². The highest BCUT2D eigenvalue weighted by Gasteiger charge is 2.31. The monoisotopic (exact) mass is 255 g/mol. The molecule has 18 heavy (non-hydrogen) atoms. The van der Waals surface area contributed by atoms with Crippen molar-refractivity contribution in [1.29, 1.82) is 5.26 Å². The lowest BCUT2D eigenvalue weighted by Crippen LogP contribution is -2.21. The van der Waals surface area contributed by atoms with E-state index in [9.17, 15) is 13.2 Å². The molecule has 0 amide bonds. The van der Waals surface area contributed by atoms with Crippen LogP contribution in [0.4, 0.5) is 13.2 Å². The predicted octanol–water partition coefficient (Wildman–Crippen LogP) is 3.84. The number of hydrogen-bond donors (Lipinski definition) is 0. The van der Waals surface area contributed by atoms with Crippen molar-refractivity contribution in [2.24, 2.45) is 0 Å². The third kappa shape index (κ3) is 2.82. The van der Waals surface area contributed by atoms with E-state index in [0.29, 0.717) is 18.4 Å². The van der Waals surface area contributed by atoms with E-state index >= 15 is 0 Å². The molecule has 1 aromatic carbocycles. The zero-order valence-corrected chi connectivity index (χ0v) is 9.57. The minimum absolute atomic E-state index is 0.411. The number of nitrogens with zero attached hydrogens (tertiary/aromatic N) is 1. The van der Waals surface area contributed by atoms with Crippen LogP contribution < -0.4 is 0 Å². The van der Waals surface area contributed by atoms with Crippen molar-refractivity contribution in [2.75, 3.05) is 0 Å². The third-order valence-corrected chi connectivity index (χ3v) is 2.99. The lowest BCUT2D eigenvalue weighted by Gasteiger charge is -2.26. The molecule has 0 aromatic heterocycles. The molecular formula is C13H12F3NO. The summed E-state index contributed by atoms with van der Waals surface area (Å²) >= 11 is 0. The Kier molecular flexibility index (Phi) is 3.58. The normalized spacial score (nSPS) is 24.6. The molecule has 1 aromatic rings. The first-order chi connectivity index (χ1) is 8.50. The van der Waals surface area contributed by atoms with E-state index in [4.69, 9.17) is 10.00 Å². The molecule has 2 atom stereocenters. The number of alkyl halides is 3. The van der Waals surface area contributed by atoms with E-state index in [-0.39, 0.29) is 0 Å². The number of benzene rings is 1. The van der Waals surface area contributed by atoms with Gasteiger partial charge in [0.05, 0.1) is 17.7 Å². The van der Waals surface area contributed by atoms with Crippen LogP contribution in [0.25, 0.3) is 0 Å². The molecule has 0 radical (unpaired) electrons. The molecule has 1 aliphatic heterocycles. The SMILES string of the molecule is N#C[C@H]1CCC[C@H](c2cccc(C(F)(F)F)c2)O1. The molecule has 96 valence electrons. The zero-order chi connectivity index (χ0) is 13.2. The zero-order valence-electron chi connectivity index (χ0n) is 9.57.